The van der Waals surface area contributed by atoms with Gasteiger partial charge < -0.3 is 0 Å². The zero-order valence-corrected chi connectivity index (χ0v) is 4.80. The van der Waals surface area contributed by atoms with Gasteiger partial charge >= 0.3 is 0 Å². The molecule has 0 aliphatic carbocycles. The number of hydrogen-bond donors (Lipinski definition) is 0. The fraction of sp³-hybridized carbons (Fsp3) is 0.667. The van der Waals surface area contributed by atoms with E-state index in [1.54, 1.807) is 6.08 Å². The van der Waals surface area contributed by atoms with Crippen molar-refractivity contribution in [2.45, 2.75) is 18.9 Å². The molecule has 2 nitrogen and oxygen atoms in total. The predicted molar refractivity (Wildman–Crippen MR) is 30.3 cm³/mol. The van der Waals surface area contributed by atoms with Crippen molar-refractivity contribution in [3.63, 3.8) is 0 Å². The van der Waals surface area contributed by atoms with Crippen molar-refractivity contribution in [3.8, 4) is 0 Å². The van der Waals surface area contributed by atoms with E-state index in [0.717, 1.165) is 19.4 Å². The fourth-order valence-corrected chi connectivity index (χ4v) is 0.684. The Balaban J connectivity index is 2.22. The first-order valence-electron chi connectivity index (χ1n) is 2.84. The Morgan fingerprint density at radius 1 is 1.62 bits per heavy atom. The van der Waals surface area contributed by atoms with E-state index in [4.69, 9.17) is 9.78 Å². The molecule has 0 aromatic rings. The van der Waals surface area contributed by atoms with Crippen molar-refractivity contribution >= 4 is 0 Å². The van der Waals surface area contributed by atoms with Gasteiger partial charge in [-0.3, -0.25) is 0 Å². The van der Waals surface area contributed by atoms with E-state index in [1.807, 2.05) is 0 Å². The standard InChI is InChI=1S/C6H10O2/c1-2-6-4-3-5-7-8-6/h2,6H,1,3-5H2. The summed E-state index contributed by atoms with van der Waals surface area (Å²) in [5, 5.41) is 0. The first-order chi connectivity index (χ1) is 3.93. The summed E-state index contributed by atoms with van der Waals surface area (Å²) >= 11 is 0. The molecule has 1 heterocycles. The highest BCUT2D eigenvalue weighted by Gasteiger charge is 2.09. The van der Waals surface area contributed by atoms with Crippen LogP contribution in [0.15, 0.2) is 12.7 Å². The maximum atomic E-state index is 4.81. The maximum Gasteiger partial charge on any atom is 0.111 e. The Labute approximate surface area is 49.0 Å². The van der Waals surface area contributed by atoms with E-state index in [-0.39, 0.29) is 6.10 Å². The highest BCUT2D eigenvalue weighted by Crippen LogP contribution is 2.09. The number of hydrogen-bond acceptors (Lipinski definition) is 2. The molecule has 0 bridgehead atoms. The molecule has 1 aliphatic rings. The van der Waals surface area contributed by atoms with Gasteiger partial charge in [0, 0.05) is 0 Å². The molecular formula is C6H10O2. The molecule has 0 saturated carbocycles. The largest absolute Gasteiger partial charge is 0.236 e. The molecule has 1 rings (SSSR count). The molecule has 0 aromatic carbocycles. The van der Waals surface area contributed by atoms with E-state index in [1.165, 1.54) is 0 Å². The zero-order valence-electron chi connectivity index (χ0n) is 4.80. The Morgan fingerprint density at radius 3 is 2.88 bits per heavy atom. The van der Waals surface area contributed by atoms with Crippen molar-refractivity contribution in [1.29, 1.82) is 0 Å². The third kappa shape index (κ3) is 1.32. The molecule has 1 aliphatic heterocycles. The second-order valence-corrected chi connectivity index (χ2v) is 1.83. The SMILES string of the molecule is C=CC1CCCOO1. The van der Waals surface area contributed by atoms with E-state index in [2.05, 4.69) is 6.58 Å². The first kappa shape index (κ1) is 5.79. The van der Waals surface area contributed by atoms with Crippen LogP contribution in [0.2, 0.25) is 0 Å². The van der Waals surface area contributed by atoms with Crippen molar-refractivity contribution in [1.82, 2.24) is 0 Å². The van der Waals surface area contributed by atoms with Crippen molar-refractivity contribution in [2.75, 3.05) is 6.61 Å². The molecule has 1 fully saturated rings. The summed E-state index contributed by atoms with van der Waals surface area (Å²) in [6, 6.07) is 0. The zero-order chi connectivity index (χ0) is 5.82. The van der Waals surface area contributed by atoms with Gasteiger partial charge in [0.2, 0.25) is 0 Å². The molecule has 8 heavy (non-hydrogen) atoms. The van der Waals surface area contributed by atoms with Gasteiger partial charge in [0.05, 0.1) is 6.61 Å². The van der Waals surface area contributed by atoms with Gasteiger partial charge in [-0.05, 0) is 12.8 Å². The lowest BCUT2D eigenvalue weighted by Gasteiger charge is -2.16. The molecule has 0 amide bonds. The van der Waals surface area contributed by atoms with Crippen LogP contribution in [0.4, 0.5) is 0 Å². The lowest BCUT2D eigenvalue weighted by atomic mass is 10.2. The van der Waals surface area contributed by atoms with Crippen molar-refractivity contribution in [3.05, 3.63) is 12.7 Å². The van der Waals surface area contributed by atoms with Crippen LogP contribution in [0.1, 0.15) is 12.8 Å². The van der Waals surface area contributed by atoms with Crippen LogP contribution in [0.25, 0.3) is 0 Å². The first-order valence-corrected chi connectivity index (χ1v) is 2.84. The van der Waals surface area contributed by atoms with Gasteiger partial charge in [-0.25, -0.2) is 9.78 Å². The Hall–Kier alpha value is -0.340. The third-order valence-corrected chi connectivity index (χ3v) is 1.17. The molecular weight excluding hydrogens is 104 g/mol. The molecule has 1 unspecified atom stereocenters. The summed E-state index contributed by atoms with van der Waals surface area (Å²) < 4.78 is 0. The van der Waals surface area contributed by atoms with Crippen LogP contribution in [0.5, 0.6) is 0 Å². The highest BCUT2D eigenvalue weighted by molar-refractivity contribution is 4.79. The second-order valence-electron chi connectivity index (χ2n) is 1.83. The Bertz CT molecular complexity index is 74.6. The quantitative estimate of drug-likeness (QED) is 0.377. The number of rotatable bonds is 1. The monoisotopic (exact) mass is 114 g/mol. The van der Waals surface area contributed by atoms with E-state index in [9.17, 15) is 0 Å². The molecule has 1 saturated heterocycles. The van der Waals surface area contributed by atoms with E-state index < -0.39 is 0 Å². The van der Waals surface area contributed by atoms with E-state index in [0.29, 0.717) is 0 Å². The second kappa shape index (κ2) is 2.84. The maximum absolute atomic E-state index is 4.81. The molecule has 0 N–H and O–H groups in total. The van der Waals surface area contributed by atoms with Crippen LogP contribution in [0.3, 0.4) is 0 Å². The van der Waals surface area contributed by atoms with Crippen molar-refractivity contribution in [2.24, 2.45) is 0 Å². The van der Waals surface area contributed by atoms with Crippen LogP contribution in [-0.2, 0) is 9.78 Å². The van der Waals surface area contributed by atoms with Crippen LogP contribution in [-0.4, -0.2) is 12.7 Å². The molecule has 0 spiro atoms. The average Bonchev–Trinajstić information content (AvgIpc) is 1.90. The van der Waals surface area contributed by atoms with Gasteiger partial charge in [0.25, 0.3) is 0 Å². The summed E-state index contributed by atoms with van der Waals surface area (Å²) in [5.74, 6) is 0. The minimum absolute atomic E-state index is 0.128. The molecule has 2 heteroatoms. The topological polar surface area (TPSA) is 18.5 Å². The lowest BCUT2D eigenvalue weighted by molar-refractivity contribution is -0.333. The Morgan fingerprint density at radius 2 is 2.50 bits per heavy atom. The van der Waals surface area contributed by atoms with E-state index >= 15 is 0 Å². The van der Waals surface area contributed by atoms with Crippen LogP contribution < -0.4 is 0 Å². The van der Waals surface area contributed by atoms with Crippen molar-refractivity contribution < 1.29 is 9.78 Å². The minimum Gasteiger partial charge on any atom is -0.236 e. The summed E-state index contributed by atoms with van der Waals surface area (Å²) in [7, 11) is 0. The molecule has 46 valence electrons. The van der Waals surface area contributed by atoms with Gasteiger partial charge in [0.15, 0.2) is 0 Å². The fourth-order valence-electron chi connectivity index (χ4n) is 0.684. The third-order valence-electron chi connectivity index (χ3n) is 1.17. The Kier molecular flexibility index (Phi) is 2.06. The molecule has 1 atom stereocenters. The van der Waals surface area contributed by atoms with Gasteiger partial charge in [0.1, 0.15) is 6.10 Å². The minimum atomic E-state index is 0.128. The average molecular weight is 114 g/mol. The highest BCUT2D eigenvalue weighted by atomic mass is 17.2. The van der Waals surface area contributed by atoms with Gasteiger partial charge in [-0.15, -0.1) is 6.58 Å². The van der Waals surface area contributed by atoms with Crippen LogP contribution in [0, 0.1) is 0 Å². The normalized spacial score (nSPS) is 29.8. The van der Waals surface area contributed by atoms with Gasteiger partial charge in [-0.2, -0.15) is 0 Å². The summed E-state index contributed by atoms with van der Waals surface area (Å²) in [5.41, 5.74) is 0. The molecule has 0 radical (unpaired) electrons. The summed E-state index contributed by atoms with van der Waals surface area (Å²) in [6.45, 7) is 4.31. The lowest BCUT2D eigenvalue weighted by Crippen LogP contribution is -2.17. The predicted octanol–water partition coefficient (Wildman–Crippen LogP) is 1.28. The smallest absolute Gasteiger partial charge is 0.111 e. The summed E-state index contributed by atoms with van der Waals surface area (Å²) in [4.78, 5) is 9.51. The molecule has 0 aromatic heterocycles. The van der Waals surface area contributed by atoms with Gasteiger partial charge in [-0.1, -0.05) is 6.08 Å². The summed E-state index contributed by atoms with van der Waals surface area (Å²) in [6.07, 6.45) is 4.02. The van der Waals surface area contributed by atoms with Crippen LogP contribution >= 0.6 is 0 Å².